The second kappa shape index (κ2) is 9.86. The molecule has 0 aliphatic rings. The van der Waals surface area contributed by atoms with Crippen LogP contribution in [-0.4, -0.2) is 28.0 Å². The zero-order valence-electron chi connectivity index (χ0n) is 16.9. The third-order valence-corrected chi connectivity index (χ3v) is 5.27. The van der Waals surface area contributed by atoms with Gasteiger partial charge in [0.25, 0.3) is 0 Å². The van der Waals surface area contributed by atoms with Gasteiger partial charge in [-0.1, -0.05) is 35.9 Å². The predicted molar refractivity (Wildman–Crippen MR) is 118 cm³/mol. The van der Waals surface area contributed by atoms with Crippen LogP contribution in [0.4, 0.5) is 18.9 Å². The average Bonchev–Trinajstić information content (AvgIpc) is 3.19. The minimum atomic E-state index is -4.48. The van der Waals surface area contributed by atoms with E-state index in [0.717, 1.165) is 23.3 Å². The fraction of sp³-hybridized carbons (Fsp3) is 0.130. The average molecular weight is 681 g/mol. The number of pyridine rings is 1. The molecule has 2 heterocycles. The van der Waals surface area contributed by atoms with E-state index in [1.807, 2.05) is 24.3 Å². The summed E-state index contributed by atoms with van der Waals surface area (Å²) in [4.78, 5) is 13.5. The molecule has 2 aromatic heterocycles. The van der Waals surface area contributed by atoms with E-state index in [1.54, 1.807) is 23.2 Å². The van der Waals surface area contributed by atoms with Gasteiger partial charge in [0, 0.05) is 17.3 Å². The number of rotatable bonds is 5. The van der Waals surface area contributed by atoms with Crippen LogP contribution >= 0.6 is 11.6 Å². The summed E-state index contributed by atoms with van der Waals surface area (Å²) in [5, 5.41) is 0.532. The van der Waals surface area contributed by atoms with E-state index in [-0.39, 0.29) is 44.2 Å². The van der Waals surface area contributed by atoms with E-state index in [1.165, 1.54) is 0 Å². The van der Waals surface area contributed by atoms with Crippen molar-refractivity contribution in [3.63, 3.8) is 0 Å². The van der Waals surface area contributed by atoms with E-state index in [0.29, 0.717) is 33.3 Å². The molecule has 4 nitrogen and oxygen atoms in total. The molecule has 0 unspecified atom stereocenters. The third kappa shape index (κ3) is 4.83. The van der Waals surface area contributed by atoms with Gasteiger partial charge in [0.05, 0.1) is 27.5 Å². The zero-order valence-corrected chi connectivity index (χ0v) is 21.8. The molecule has 0 radical (unpaired) electrons. The molecule has 0 saturated carbocycles. The maximum absolute atomic E-state index is 13.4. The van der Waals surface area contributed by atoms with E-state index in [4.69, 9.17) is 11.6 Å². The van der Waals surface area contributed by atoms with E-state index < -0.39 is 11.7 Å². The summed E-state index contributed by atoms with van der Waals surface area (Å²) in [5.74, 6) is 0.460. The summed E-state index contributed by atoms with van der Waals surface area (Å²) in [5.41, 5.74) is 2.52. The Bertz CT molecular complexity index is 1220. The fourth-order valence-electron chi connectivity index (χ4n) is 3.38. The Kier molecular flexibility index (Phi) is 7.59. The molecule has 0 aliphatic heterocycles. The van der Waals surface area contributed by atoms with Crippen molar-refractivity contribution < 1.29 is 44.3 Å². The fourth-order valence-corrected chi connectivity index (χ4v) is 3.61. The number of anilines is 1. The SMILES string of the molecule is [CH2-]CN(C[CH2-])c1cc(C(F)(F)F)cc2[nH]c(-c3ccc(-c4ncccc4Cl)cc3)nc12.[U+2]. The van der Waals surface area contributed by atoms with Gasteiger partial charge in [0.2, 0.25) is 0 Å². The number of aromatic amines is 1. The van der Waals surface area contributed by atoms with Gasteiger partial charge in [0.15, 0.2) is 0 Å². The van der Waals surface area contributed by atoms with Crippen LogP contribution in [0.15, 0.2) is 54.7 Å². The maximum atomic E-state index is 13.4. The van der Waals surface area contributed by atoms with Crippen molar-refractivity contribution in [2.24, 2.45) is 0 Å². The van der Waals surface area contributed by atoms with Gasteiger partial charge < -0.3 is 23.7 Å². The molecule has 32 heavy (non-hydrogen) atoms. The van der Waals surface area contributed by atoms with Crippen LogP contribution in [0, 0.1) is 45.0 Å². The van der Waals surface area contributed by atoms with Crippen LogP contribution in [0.3, 0.4) is 0 Å². The molecule has 162 valence electrons. The Labute approximate surface area is 212 Å². The molecule has 0 fully saturated rings. The van der Waals surface area contributed by atoms with Crippen molar-refractivity contribution >= 4 is 28.3 Å². The summed E-state index contributed by atoms with van der Waals surface area (Å²) in [6, 6.07) is 13.0. The summed E-state index contributed by atoms with van der Waals surface area (Å²) in [7, 11) is 0. The number of hydrogen-bond donors (Lipinski definition) is 1. The van der Waals surface area contributed by atoms with Crippen LogP contribution < -0.4 is 4.90 Å². The van der Waals surface area contributed by atoms with E-state index >= 15 is 0 Å². The first-order valence-corrected chi connectivity index (χ1v) is 9.85. The number of halogens is 4. The number of nitrogens with zero attached hydrogens (tertiary/aromatic N) is 3. The van der Waals surface area contributed by atoms with Crippen molar-refractivity contribution in [1.29, 1.82) is 0 Å². The van der Waals surface area contributed by atoms with Crippen molar-refractivity contribution in [3.05, 3.63) is 79.2 Å². The number of fused-ring (bicyclic) bond motifs is 1. The number of nitrogens with one attached hydrogen (secondary N) is 1. The number of aromatic nitrogens is 3. The van der Waals surface area contributed by atoms with Gasteiger partial charge in [-0.2, -0.15) is 13.2 Å². The van der Waals surface area contributed by atoms with Crippen molar-refractivity contribution in [3.8, 4) is 22.6 Å². The number of H-pyrrole nitrogens is 1. The second-order valence-corrected chi connectivity index (χ2v) is 7.28. The molecule has 2 aromatic carbocycles. The molecule has 4 rings (SSSR count). The summed E-state index contributed by atoms with van der Waals surface area (Å²) < 4.78 is 40.3. The first-order valence-electron chi connectivity index (χ1n) is 9.47. The molecule has 0 saturated heterocycles. The smallest absolute Gasteiger partial charge is 0.430 e. The molecule has 0 spiro atoms. The Morgan fingerprint density at radius 1 is 1.00 bits per heavy atom. The van der Waals surface area contributed by atoms with Gasteiger partial charge in [-0.3, -0.25) is 4.98 Å². The number of imidazole rings is 1. The molecule has 4 aromatic rings. The van der Waals surface area contributed by atoms with Crippen LogP contribution in [0.1, 0.15) is 5.56 Å². The molecule has 1 N–H and O–H groups in total. The number of hydrogen-bond acceptors (Lipinski definition) is 3. The molecule has 9 heteroatoms. The Balaban J connectivity index is 0.00000289. The van der Waals surface area contributed by atoms with Crippen LogP contribution in [0.2, 0.25) is 5.02 Å². The quantitative estimate of drug-likeness (QED) is 0.247. The third-order valence-electron chi connectivity index (χ3n) is 4.96. The van der Waals surface area contributed by atoms with Gasteiger partial charge in [0.1, 0.15) is 11.3 Å². The van der Waals surface area contributed by atoms with E-state index in [2.05, 4.69) is 28.8 Å². The van der Waals surface area contributed by atoms with Gasteiger partial charge in [-0.15, -0.1) is 13.1 Å². The van der Waals surface area contributed by atoms with Gasteiger partial charge >= 0.3 is 37.3 Å². The second-order valence-electron chi connectivity index (χ2n) is 6.87. The number of alkyl halides is 3. The Hall–Kier alpha value is -2.01. The summed E-state index contributed by atoms with van der Waals surface area (Å²) in [6.07, 6.45) is -2.82. The first kappa shape index (κ1) is 24.6. The van der Waals surface area contributed by atoms with Gasteiger partial charge in [-0.05, 0) is 24.3 Å². The monoisotopic (exact) mass is 680 g/mol. The van der Waals surface area contributed by atoms with Crippen LogP contribution in [-0.2, 0) is 6.18 Å². The van der Waals surface area contributed by atoms with Crippen molar-refractivity contribution in [1.82, 2.24) is 15.0 Å². The predicted octanol–water partition coefficient (Wildman–Crippen LogP) is 6.44. The van der Waals surface area contributed by atoms with Crippen LogP contribution in [0.5, 0.6) is 0 Å². The molecular formula is C23H18ClF3N4U. The standard InChI is InChI=1S/C23H18ClF3N4.U/c1-3-31(4-2)19-13-16(23(25,26)27)12-18-21(19)30-22(29-18)15-9-7-14(8-10-15)20-17(24)6-5-11-28-20;/h5-13H,1-4H2,(H,29,30);/q-2;+2. The maximum Gasteiger partial charge on any atom is 2.00 e. The first-order chi connectivity index (χ1) is 14.8. The molecule has 0 bridgehead atoms. The van der Waals surface area contributed by atoms with E-state index in [9.17, 15) is 13.2 Å². The Morgan fingerprint density at radius 2 is 1.66 bits per heavy atom. The zero-order chi connectivity index (χ0) is 22.2. The Morgan fingerprint density at radius 3 is 2.25 bits per heavy atom. The topological polar surface area (TPSA) is 44.8 Å². The largest absolute Gasteiger partial charge is 2.00 e. The summed E-state index contributed by atoms with van der Waals surface area (Å²) in [6.45, 7) is 8.12. The normalized spacial score (nSPS) is 11.4. The molecule has 0 amide bonds. The molecule has 0 aliphatic carbocycles. The summed E-state index contributed by atoms with van der Waals surface area (Å²) >= 11 is 6.21. The number of benzene rings is 2. The minimum absolute atomic E-state index is 0. The van der Waals surface area contributed by atoms with Crippen molar-refractivity contribution in [2.75, 3.05) is 18.0 Å². The van der Waals surface area contributed by atoms with Crippen molar-refractivity contribution in [2.45, 2.75) is 6.18 Å². The van der Waals surface area contributed by atoms with Crippen LogP contribution in [0.25, 0.3) is 33.7 Å². The molecular weight excluding hydrogens is 663 g/mol. The van der Waals surface area contributed by atoms with Gasteiger partial charge in [-0.25, -0.2) is 4.98 Å². The molecule has 0 atom stereocenters. The minimum Gasteiger partial charge on any atom is -0.430 e.